The van der Waals surface area contributed by atoms with Gasteiger partial charge in [0.2, 0.25) is 0 Å². The van der Waals surface area contributed by atoms with Gasteiger partial charge in [0.1, 0.15) is 5.01 Å². The zero-order valence-corrected chi connectivity index (χ0v) is 10.4. The summed E-state index contributed by atoms with van der Waals surface area (Å²) in [6.45, 7) is 3.35. The minimum Gasteiger partial charge on any atom is -0.297 e. The van der Waals surface area contributed by atoms with Gasteiger partial charge in [-0.3, -0.25) is 9.59 Å². The molecule has 1 heterocycles. The lowest BCUT2D eigenvalue weighted by Gasteiger charge is -1.98. The lowest BCUT2D eigenvalue weighted by Crippen LogP contribution is -1.90. The average molecular weight is 245 g/mol. The number of hydrogen-bond donors (Lipinski definition) is 0. The van der Waals surface area contributed by atoms with Crippen LogP contribution in [0, 0.1) is 6.92 Å². The van der Waals surface area contributed by atoms with Gasteiger partial charge in [-0.25, -0.2) is 4.98 Å². The van der Waals surface area contributed by atoms with Gasteiger partial charge < -0.3 is 0 Å². The van der Waals surface area contributed by atoms with Crippen LogP contribution in [0.25, 0.3) is 10.6 Å². The van der Waals surface area contributed by atoms with Gasteiger partial charge in [0.15, 0.2) is 12.1 Å². The molecule has 0 bridgehead atoms. The van der Waals surface area contributed by atoms with E-state index in [9.17, 15) is 9.59 Å². The minimum atomic E-state index is 0.0421. The largest absolute Gasteiger partial charge is 0.297 e. The molecule has 86 valence electrons. The molecular weight excluding hydrogens is 234 g/mol. The van der Waals surface area contributed by atoms with Crippen LogP contribution >= 0.6 is 11.3 Å². The third-order valence-electron chi connectivity index (χ3n) is 2.48. The predicted octanol–water partition coefficient (Wildman–Crippen LogP) is 3.13. The molecule has 0 saturated heterocycles. The highest BCUT2D eigenvalue weighted by Crippen LogP contribution is 2.27. The van der Waals surface area contributed by atoms with Gasteiger partial charge in [-0.2, -0.15) is 0 Å². The summed E-state index contributed by atoms with van der Waals surface area (Å²) in [6, 6.07) is 7.25. The van der Waals surface area contributed by atoms with Crippen molar-refractivity contribution >= 4 is 23.4 Å². The van der Waals surface area contributed by atoms with E-state index in [0.29, 0.717) is 10.4 Å². The lowest BCUT2D eigenvalue weighted by molar-refractivity contribution is 0.101. The van der Waals surface area contributed by atoms with Crippen LogP contribution in [0.4, 0.5) is 0 Å². The highest BCUT2D eigenvalue weighted by Gasteiger charge is 2.08. The van der Waals surface area contributed by atoms with Crippen LogP contribution in [0.15, 0.2) is 24.3 Å². The number of rotatable bonds is 3. The van der Waals surface area contributed by atoms with E-state index in [0.717, 1.165) is 22.6 Å². The second-order valence-corrected chi connectivity index (χ2v) is 4.75. The van der Waals surface area contributed by atoms with Crippen molar-refractivity contribution in [3.8, 4) is 10.6 Å². The molecule has 0 aliphatic rings. The van der Waals surface area contributed by atoms with Crippen LogP contribution in [-0.4, -0.2) is 17.1 Å². The van der Waals surface area contributed by atoms with E-state index in [4.69, 9.17) is 0 Å². The molecular formula is C13H11NO2S. The highest BCUT2D eigenvalue weighted by atomic mass is 32.1. The predicted molar refractivity (Wildman–Crippen MR) is 67.7 cm³/mol. The van der Waals surface area contributed by atoms with Gasteiger partial charge in [-0.05, 0) is 13.8 Å². The first-order chi connectivity index (χ1) is 8.11. The van der Waals surface area contributed by atoms with Crippen molar-refractivity contribution in [2.24, 2.45) is 0 Å². The number of aromatic nitrogens is 1. The molecule has 2 rings (SSSR count). The van der Waals surface area contributed by atoms with Crippen LogP contribution in [0.3, 0.4) is 0 Å². The Morgan fingerprint density at radius 3 is 2.41 bits per heavy atom. The molecule has 0 atom stereocenters. The minimum absolute atomic E-state index is 0.0421. The quantitative estimate of drug-likeness (QED) is 0.616. The first-order valence-corrected chi connectivity index (χ1v) is 5.97. The van der Waals surface area contributed by atoms with Crippen molar-refractivity contribution in [3.05, 3.63) is 40.4 Å². The van der Waals surface area contributed by atoms with Crippen molar-refractivity contribution in [1.82, 2.24) is 4.98 Å². The SMILES string of the molecule is CC(=O)c1ccc(-c2nc(C)c(C=O)s2)cc1. The van der Waals surface area contributed by atoms with Gasteiger partial charge in [-0.15, -0.1) is 11.3 Å². The number of benzene rings is 1. The molecule has 4 heteroatoms. The van der Waals surface area contributed by atoms with E-state index < -0.39 is 0 Å². The Bertz CT molecular complexity index is 570. The molecule has 1 aromatic carbocycles. The Morgan fingerprint density at radius 1 is 1.29 bits per heavy atom. The monoisotopic (exact) mass is 245 g/mol. The van der Waals surface area contributed by atoms with Crippen LogP contribution in [0.2, 0.25) is 0 Å². The van der Waals surface area contributed by atoms with Gasteiger partial charge in [0, 0.05) is 11.1 Å². The summed E-state index contributed by atoms with van der Waals surface area (Å²) in [5, 5.41) is 0.805. The molecule has 17 heavy (non-hydrogen) atoms. The maximum Gasteiger partial charge on any atom is 0.161 e. The summed E-state index contributed by atoms with van der Waals surface area (Å²) < 4.78 is 0. The zero-order valence-electron chi connectivity index (χ0n) is 9.56. The molecule has 0 radical (unpaired) electrons. The molecule has 0 saturated carbocycles. The van der Waals surface area contributed by atoms with E-state index in [1.165, 1.54) is 18.3 Å². The third-order valence-corrected chi connectivity index (χ3v) is 3.61. The Balaban J connectivity index is 2.39. The molecule has 0 aliphatic heterocycles. The summed E-state index contributed by atoms with van der Waals surface area (Å²) in [6.07, 6.45) is 0.820. The maximum atomic E-state index is 11.1. The number of hydrogen-bond acceptors (Lipinski definition) is 4. The molecule has 2 aromatic rings. The van der Waals surface area contributed by atoms with Gasteiger partial charge >= 0.3 is 0 Å². The number of carbonyl (C=O) groups is 2. The molecule has 0 spiro atoms. The molecule has 0 aliphatic carbocycles. The molecule has 0 N–H and O–H groups in total. The van der Waals surface area contributed by atoms with E-state index in [2.05, 4.69) is 4.98 Å². The van der Waals surface area contributed by atoms with Crippen LogP contribution in [-0.2, 0) is 0 Å². The van der Waals surface area contributed by atoms with Crippen molar-refractivity contribution < 1.29 is 9.59 Å². The number of carbonyl (C=O) groups excluding carboxylic acids is 2. The normalized spacial score (nSPS) is 10.2. The zero-order chi connectivity index (χ0) is 12.4. The smallest absolute Gasteiger partial charge is 0.161 e. The Labute approximate surface area is 103 Å². The summed E-state index contributed by atoms with van der Waals surface area (Å²) in [5.41, 5.74) is 2.35. The van der Waals surface area contributed by atoms with Gasteiger partial charge in [-0.1, -0.05) is 24.3 Å². The van der Waals surface area contributed by atoms with Gasteiger partial charge in [0.25, 0.3) is 0 Å². The lowest BCUT2D eigenvalue weighted by atomic mass is 10.1. The molecule has 0 amide bonds. The molecule has 0 fully saturated rings. The Morgan fingerprint density at radius 2 is 1.94 bits per heavy atom. The van der Waals surface area contributed by atoms with Crippen LogP contribution in [0.5, 0.6) is 0 Å². The van der Waals surface area contributed by atoms with E-state index in [1.54, 1.807) is 12.1 Å². The van der Waals surface area contributed by atoms with Crippen molar-refractivity contribution in [2.75, 3.05) is 0 Å². The van der Waals surface area contributed by atoms with Crippen LogP contribution < -0.4 is 0 Å². The number of ketones is 1. The molecule has 1 aromatic heterocycles. The summed E-state index contributed by atoms with van der Waals surface area (Å²) in [5.74, 6) is 0.0421. The average Bonchev–Trinajstić information content (AvgIpc) is 2.70. The van der Waals surface area contributed by atoms with Crippen molar-refractivity contribution in [1.29, 1.82) is 0 Å². The second kappa shape index (κ2) is 4.59. The highest BCUT2D eigenvalue weighted by molar-refractivity contribution is 7.16. The number of nitrogens with zero attached hydrogens (tertiary/aromatic N) is 1. The standard InChI is InChI=1S/C13H11NO2S/c1-8-12(7-15)17-13(14-8)11-5-3-10(4-6-11)9(2)16/h3-7H,1-2H3. The summed E-state index contributed by atoms with van der Waals surface area (Å²) in [7, 11) is 0. The van der Waals surface area contributed by atoms with Crippen LogP contribution in [0.1, 0.15) is 32.6 Å². The second-order valence-electron chi connectivity index (χ2n) is 3.72. The Kier molecular flexibility index (Phi) is 3.15. The maximum absolute atomic E-state index is 11.1. The van der Waals surface area contributed by atoms with Gasteiger partial charge in [0.05, 0.1) is 10.6 Å². The van der Waals surface area contributed by atoms with E-state index in [-0.39, 0.29) is 5.78 Å². The van der Waals surface area contributed by atoms with Crippen molar-refractivity contribution in [3.63, 3.8) is 0 Å². The third kappa shape index (κ3) is 2.31. The fourth-order valence-electron chi connectivity index (χ4n) is 1.49. The number of aryl methyl sites for hydroxylation is 1. The molecule has 3 nitrogen and oxygen atoms in total. The number of Topliss-reactive ketones (excluding diaryl/α,β-unsaturated/α-hetero) is 1. The van der Waals surface area contributed by atoms with E-state index in [1.807, 2.05) is 19.1 Å². The first kappa shape index (κ1) is 11.7. The summed E-state index contributed by atoms with van der Waals surface area (Å²) in [4.78, 5) is 26.9. The first-order valence-electron chi connectivity index (χ1n) is 5.16. The summed E-state index contributed by atoms with van der Waals surface area (Å²) >= 11 is 1.36. The fourth-order valence-corrected chi connectivity index (χ4v) is 2.37. The topological polar surface area (TPSA) is 47.0 Å². The molecule has 0 unspecified atom stereocenters. The van der Waals surface area contributed by atoms with Crippen molar-refractivity contribution in [2.45, 2.75) is 13.8 Å². The Hall–Kier alpha value is -1.81. The number of aldehydes is 1. The fraction of sp³-hybridized carbons (Fsp3) is 0.154. The van der Waals surface area contributed by atoms with E-state index >= 15 is 0 Å². The number of thiazole rings is 1.